The van der Waals surface area contributed by atoms with E-state index in [-0.39, 0.29) is 42.3 Å². The molecule has 29 heavy (non-hydrogen) atoms. The van der Waals surface area contributed by atoms with Gasteiger partial charge < -0.3 is 14.9 Å². The Morgan fingerprint density at radius 3 is 2.17 bits per heavy atom. The molecule has 2 aliphatic rings. The number of hydrogen-bond acceptors (Lipinski definition) is 3. The molecule has 152 valence electrons. The summed E-state index contributed by atoms with van der Waals surface area (Å²) in [5, 5.41) is 10.1. The minimum absolute atomic E-state index is 0.00510. The normalized spacial score (nSPS) is 23.8. The molecule has 1 heterocycles. The number of aliphatic hydroxyl groups is 1. The van der Waals surface area contributed by atoms with E-state index in [0.29, 0.717) is 12.1 Å². The van der Waals surface area contributed by atoms with Crippen LogP contribution >= 0.6 is 0 Å². The Morgan fingerprint density at radius 1 is 1.00 bits per heavy atom. The van der Waals surface area contributed by atoms with E-state index >= 15 is 0 Å². The van der Waals surface area contributed by atoms with Gasteiger partial charge in [0, 0.05) is 31.0 Å². The first-order valence-electron chi connectivity index (χ1n) is 10.4. The zero-order chi connectivity index (χ0) is 20.4. The lowest BCUT2D eigenvalue weighted by Crippen LogP contribution is -2.68. The summed E-state index contributed by atoms with van der Waals surface area (Å²) >= 11 is 0. The lowest BCUT2D eigenvalue weighted by atomic mass is 9.74. The first kappa shape index (κ1) is 19.6. The van der Waals surface area contributed by atoms with Gasteiger partial charge in [-0.25, -0.2) is 0 Å². The maximum absolute atomic E-state index is 13.2. The molecule has 2 aromatic rings. The van der Waals surface area contributed by atoms with Crippen molar-refractivity contribution in [2.24, 2.45) is 5.92 Å². The summed E-state index contributed by atoms with van der Waals surface area (Å²) in [5.74, 6) is 0.210. The highest BCUT2D eigenvalue weighted by atomic mass is 16.3. The van der Waals surface area contributed by atoms with Crippen molar-refractivity contribution in [3.05, 3.63) is 71.8 Å². The number of hydrogen-bond donors (Lipinski definition) is 1. The van der Waals surface area contributed by atoms with Gasteiger partial charge in [-0.05, 0) is 30.5 Å². The molecular weight excluding hydrogens is 364 g/mol. The summed E-state index contributed by atoms with van der Waals surface area (Å²) in [6.45, 7) is 0.374. The quantitative estimate of drug-likeness (QED) is 0.822. The average Bonchev–Trinajstić information content (AvgIpc) is 2.70. The van der Waals surface area contributed by atoms with E-state index in [1.54, 1.807) is 21.9 Å². The fourth-order valence-electron chi connectivity index (χ4n) is 4.64. The van der Waals surface area contributed by atoms with Crippen molar-refractivity contribution in [1.82, 2.24) is 9.80 Å². The molecule has 0 bridgehead atoms. The van der Waals surface area contributed by atoms with Crippen LogP contribution in [-0.2, 0) is 4.79 Å². The lowest BCUT2D eigenvalue weighted by molar-refractivity contribution is -0.139. The van der Waals surface area contributed by atoms with E-state index in [4.69, 9.17) is 0 Å². The maximum Gasteiger partial charge on any atom is 0.254 e. The van der Waals surface area contributed by atoms with Crippen LogP contribution in [0.25, 0.3) is 0 Å². The van der Waals surface area contributed by atoms with E-state index in [2.05, 4.69) is 0 Å². The van der Waals surface area contributed by atoms with Gasteiger partial charge in [-0.1, -0.05) is 55.0 Å². The van der Waals surface area contributed by atoms with Crippen LogP contribution < -0.4 is 0 Å². The van der Waals surface area contributed by atoms with Crippen LogP contribution in [-0.4, -0.2) is 59.0 Å². The molecule has 2 fully saturated rings. The minimum Gasteiger partial charge on any atom is -0.394 e. The summed E-state index contributed by atoms with van der Waals surface area (Å²) in [6.07, 6.45) is 3.04. The van der Waals surface area contributed by atoms with Crippen LogP contribution in [0.5, 0.6) is 0 Å². The fraction of sp³-hybridized carbons (Fsp3) is 0.417. The number of likely N-dealkylation sites (N-methyl/N-ethyl adjacent to an activating group) is 1. The van der Waals surface area contributed by atoms with Crippen LogP contribution in [0.4, 0.5) is 0 Å². The molecular formula is C24H28N2O3. The van der Waals surface area contributed by atoms with Gasteiger partial charge in [0.2, 0.25) is 5.91 Å². The highest BCUT2D eigenvalue weighted by Gasteiger charge is 2.52. The van der Waals surface area contributed by atoms with Gasteiger partial charge in [-0.3, -0.25) is 9.59 Å². The number of aliphatic hydroxyl groups excluding tert-OH is 1. The maximum atomic E-state index is 13.2. The second-order valence-electron chi connectivity index (χ2n) is 8.18. The predicted molar refractivity (Wildman–Crippen MR) is 111 cm³/mol. The van der Waals surface area contributed by atoms with Gasteiger partial charge in [0.1, 0.15) is 0 Å². The first-order valence-corrected chi connectivity index (χ1v) is 10.4. The van der Waals surface area contributed by atoms with Gasteiger partial charge in [0.05, 0.1) is 18.7 Å². The van der Waals surface area contributed by atoms with Crippen molar-refractivity contribution in [2.75, 3.05) is 20.2 Å². The Morgan fingerprint density at radius 2 is 1.62 bits per heavy atom. The number of likely N-dealkylation sites (tertiary alicyclic amines) is 1. The number of nitrogens with zero attached hydrogens (tertiary/aromatic N) is 2. The largest absolute Gasteiger partial charge is 0.394 e. The summed E-state index contributed by atoms with van der Waals surface area (Å²) in [7, 11) is 1.83. The Labute approximate surface area is 171 Å². The monoisotopic (exact) mass is 392 g/mol. The SMILES string of the molecule is CN(C[C@H]1[C@H](c2ccccc2)[C@@H](CO)N1C(=O)c1ccccc1)C(=O)C1CCC1. The topological polar surface area (TPSA) is 60.9 Å². The van der Waals surface area contributed by atoms with E-state index < -0.39 is 0 Å². The fourth-order valence-corrected chi connectivity index (χ4v) is 4.64. The summed E-state index contributed by atoms with van der Waals surface area (Å²) in [5.41, 5.74) is 1.70. The highest BCUT2D eigenvalue weighted by molar-refractivity contribution is 5.95. The minimum atomic E-state index is -0.290. The molecule has 1 aliphatic heterocycles. The second-order valence-corrected chi connectivity index (χ2v) is 8.18. The van der Waals surface area contributed by atoms with Gasteiger partial charge >= 0.3 is 0 Å². The summed E-state index contributed by atoms with van der Waals surface area (Å²) in [4.78, 5) is 29.5. The van der Waals surface area contributed by atoms with Crippen LogP contribution in [0.3, 0.4) is 0 Å². The molecule has 0 unspecified atom stereocenters. The standard InChI is InChI=1S/C24H28N2O3/c1-25(23(28)18-13-8-14-18)15-20-22(17-9-4-2-5-10-17)21(16-27)26(20)24(29)19-11-6-3-7-12-19/h2-7,9-12,18,20-22,27H,8,13-16H2,1H3/t20-,21+,22-/m0/s1. The molecule has 1 N–H and O–H groups in total. The van der Waals surface area contributed by atoms with Crippen molar-refractivity contribution in [2.45, 2.75) is 37.3 Å². The molecule has 3 atom stereocenters. The smallest absolute Gasteiger partial charge is 0.254 e. The van der Waals surface area contributed by atoms with Crippen molar-refractivity contribution in [1.29, 1.82) is 0 Å². The molecule has 4 rings (SSSR count). The second kappa shape index (κ2) is 8.37. The van der Waals surface area contributed by atoms with Crippen LogP contribution in [0.1, 0.15) is 41.1 Å². The number of benzene rings is 2. The molecule has 0 spiro atoms. The molecule has 1 saturated carbocycles. The van der Waals surface area contributed by atoms with Crippen LogP contribution in [0.2, 0.25) is 0 Å². The molecule has 5 nitrogen and oxygen atoms in total. The molecule has 1 saturated heterocycles. The van der Waals surface area contributed by atoms with Crippen molar-refractivity contribution in [3.8, 4) is 0 Å². The third kappa shape index (κ3) is 3.67. The van der Waals surface area contributed by atoms with Gasteiger partial charge in [0.15, 0.2) is 0 Å². The van der Waals surface area contributed by atoms with Crippen molar-refractivity contribution >= 4 is 11.8 Å². The number of amides is 2. The predicted octanol–water partition coefficient (Wildman–Crippen LogP) is 2.91. The molecule has 5 heteroatoms. The zero-order valence-corrected chi connectivity index (χ0v) is 16.8. The Bertz CT molecular complexity index is 851. The molecule has 0 aromatic heterocycles. The van der Waals surface area contributed by atoms with Crippen LogP contribution in [0, 0.1) is 5.92 Å². The van der Waals surface area contributed by atoms with Crippen LogP contribution in [0.15, 0.2) is 60.7 Å². The number of rotatable bonds is 6. The average molecular weight is 392 g/mol. The zero-order valence-electron chi connectivity index (χ0n) is 16.8. The molecule has 0 radical (unpaired) electrons. The van der Waals surface area contributed by atoms with E-state index in [1.807, 2.05) is 55.6 Å². The third-order valence-corrected chi connectivity index (χ3v) is 6.46. The van der Waals surface area contributed by atoms with Crippen molar-refractivity contribution < 1.29 is 14.7 Å². The van der Waals surface area contributed by atoms with Gasteiger partial charge in [-0.2, -0.15) is 0 Å². The Balaban J connectivity index is 1.61. The van der Waals surface area contributed by atoms with E-state index in [9.17, 15) is 14.7 Å². The molecule has 2 amide bonds. The highest BCUT2D eigenvalue weighted by Crippen LogP contribution is 2.42. The third-order valence-electron chi connectivity index (χ3n) is 6.46. The van der Waals surface area contributed by atoms with Gasteiger partial charge in [-0.15, -0.1) is 0 Å². The molecule has 2 aromatic carbocycles. The Kier molecular flexibility index (Phi) is 5.67. The lowest BCUT2D eigenvalue weighted by Gasteiger charge is -2.56. The van der Waals surface area contributed by atoms with E-state index in [0.717, 1.165) is 24.8 Å². The van der Waals surface area contributed by atoms with E-state index in [1.165, 1.54) is 0 Å². The van der Waals surface area contributed by atoms with Gasteiger partial charge in [0.25, 0.3) is 5.91 Å². The summed E-state index contributed by atoms with van der Waals surface area (Å²) in [6, 6.07) is 18.7. The van der Waals surface area contributed by atoms with Crippen molar-refractivity contribution in [3.63, 3.8) is 0 Å². The number of carbonyl (C=O) groups excluding carboxylic acids is 2. The first-order chi connectivity index (χ1) is 14.1. The number of carbonyl (C=O) groups is 2. The Hall–Kier alpha value is -2.66. The molecule has 1 aliphatic carbocycles. The summed E-state index contributed by atoms with van der Waals surface area (Å²) < 4.78 is 0.